The number of nitrogens with zero attached hydrogens (tertiary/aromatic N) is 5. The van der Waals surface area contributed by atoms with Gasteiger partial charge in [0.15, 0.2) is 0 Å². The molecule has 0 saturated carbocycles. The predicted octanol–water partition coefficient (Wildman–Crippen LogP) is 2.35. The lowest BCUT2D eigenvalue weighted by Gasteiger charge is -2.39. The highest BCUT2D eigenvalue weighted by atomic mass is 32.2. The van der Waals surface area contributed by atoms with Gasteiger partial charge >= 0.3 is 0 Å². The van der Waals surface area contributed by atoms with Gasteiger partial charge in [-0.1, -0.05) is 25.1 Å². The van der Waals surface area contributed by atoms with Crippen LogP contribution < -0.4 is 0 Å². The molecule has 2 atom stereocenters. The van der Waals surface area contributed by atoms with Gasteiger partial charge in [-0.25, -0.2) is 4.68 Å². The Kier molecular flexibility index (Phi) is 6.02. The normalized spacial score (nSPS) is 22.5. The van der Waals surface area contributed by atoms with Gasteiger partial charge in [0.1, 0.15) is 0 Å². The molecule has 2 unspecified atom stereocenters. The zero-order valence-corrected chi connectivity index (χ0v) is 14.0. The number of piperidine rings is 1. The minimum atomic E-state index is 0.199. The van der Waals surface area contributed by atoms with E-state index in [0.29, 0.717) is 17.8 Å². The van der Waals surface area contributed by atoms with Crippen LogP contribution in [0, 0.1) is 0 Å². The second kappa shape index (κ2) is 7.77. The maximum atomic E-state index is 12.5. The third-order valence-corrected chi connectivity index (χ3v) is 4.97. The molecule has 6 nitrogen and oxygen atoms in total. The molecule has 1 saturated heterocycles. The number of aromatic nitrogens is 4. The van der Waals surface area contributed by atoms with Crippen LogP contribution in [-0.4, -0.2) is 48.9 Å². The average molecular weight is 311 g/mol. The number of thioether (sulfide) groups is 1. The number of hydrogen-bond donors (Lipinski definition) is 0. The SMILES string of the molecule is CCCCn1nnnc1SCC(=O)N1C(C)CCCC1C. The molecule has 1 fully saturated rings. The van der Waals surface area contributed by atoms with Gasteiger partial charge in [0, 0.05) is 18.6 Å². The fourth-order valence-corrected chi connectivity index (χ4v) is 3.63. The summed E-state index contributed by atoms with van der Waals surface area (Å²) in [5.74, 6) is 0.617. The van der Waals surface area contributed by atoms with Crippen molar-refractivity contribution in [2.24, 2.45) is 0 Å². The zero-order chi connectivity index (χ0) is 15.2. The van der Waals surface area contributed by atoms with Gasteiger partial charge in [-0.05, 0) is 50.0 Å². The van der Waals surface area contributed by atoms with Crippen LogP contribution in [0.3, 0.4) is 0 Å². The third kappa shape index (κ3) is 4.18. The van der Waals surface area contributed by atoms with Gasteiger partial charge in [0.25, 0.3) is 0 Å². The fourth-order valence-electron chi connectivity index (χ4n) is 2.86. The van der Waals surface area contributed by atoms with Gasteiger partial charge in [0.05, 0.1) is 5.75 Å². The lowest BCUT2D eigenvalue weighted by molar-refractivity contribution is -0.134. The molecule has 1 aromatic heterocycles. The smallest absolute Gasteiger partial charge is 0.233 e. The summed E-state index contributed by atoms with van der Waals surface area (Å²) in [4.78, 5) is 14.5. The van der Waals surface area contributed by atoms with Crippen LogP contribution in [0.2, 0.25) is 0 Å². The number of carbonyl (C=O) groups is 1. The van der Waals surface area contributed by atoms with Crippen molar-refractivity contribution < 1.29 is 4.79 Å². The van der Waals surface area contributed by atoms with Crippen molar-refractivity contribution in [1.82, 2.24) is 25.1 Å². The molecule has 0 aliphatic carbocycles. The molecule has 7 heteroatoms. The highest BCUT2D eigenvalue weighted by Crippen LogP contribution is 2.24. The van der Waals surface area contributed by atoms with E-state index in [1.807, 2.05) is 4.90 Å². The molecule has 0 spiro atoms. The first-order chi connectivity index (χ1) is 10.1. The first kappa shape index (κ1) is 16.3. The molecule has 21 heavy (non-hydrogen) atoms. The van der Waals surface area contributed by atoms with Gasteiger partial charge < -0.3 is 4.90 Å². The largest absolute Gasteiger partial charge is 0.337 e. The maximum Gasteiger partial charge on any atom is 0.233 e. The number of tetrazole rings is 1. The van der Waals surface area contributed by atoms with Crippen LogP contribution in [0.5, 0.6) is 0 Å². The summed E-state index contributed by atoms with van der Waals surface area (Å²) in [7, 11) is 0. The van der Waals surface area contributed by atoms with Crippen molar-refractivity contribution in [3.05, 3.63) is 0 Å². The van der Waals surface area contributed by atoms with Crippen LogP contribution >= 0.6 is 11.8 Å². The summed E-state index contributed by atoms with van der Waals surface area (Å²) in [6, 6.07) is 0.691. The maximum absolute atomic E-state index is 12.5. The highest BCUT2D eigenvalue weighted by molar-refractivity contribution is 7.99. The van der Waals surface area contributed by atoms with E-state index >= 15 is 0 Å². The Morgan fingerprint density at radius 3 is 2.71 bits per heavy atom. The number of rotatable bonds is 6. The Labute approximate surface area is 130 Å². The van der Waals surface area contributed by atoms with Crippen LogP contribution in [0.15, 0.2) is 5.16 Å². The summed E-state index contributed by atoms with van der Waals surface area (Å²) in [5.41, 5.74) is 0. The molecular formula is C14H25N5OS. The van der Waals surface area contributed by atoms with Crippen LogP contribution in [0.4, 0.5) is 0 Å². The van der Waals surface area contributed by atoms with E-state index in [1.165, 1.54) is 18.2 Å². The van der Waals surface area contributed by atoms with E-state index in [4.69, 9.17) is 0 Å². The Hall–Kier alpha value is -1.11. The lowest BCUT2D eigenvalue weighted by atomic mass is 9.98. The number of aryl methyl sites for hydroxylation is 1. The quantitative estimate of drug-likeness (QED) is 0.755. The van der Waals surface area contributed by atoms with Crippen molar-refractivity contribution in [2.75, 3.05) is 5.75 Å². The Bertz CT molecular complexity index is 454. The molecule has 118 valence electrons. The van der Waals surface area contributed by atoms with E-state index < -0.39 is 0 Å². The Morgan fingerprint density at radius 1 is 1.33 bits per heavy atom. The fraction of sp³-hybridized carbons (Fsp3) is 0.857. The molecule has 1 aromatic rings. The number of amides is 1. The summed E-state index contributed by atoms with van der Waals surface area (Å²) >= 11 is 1.45. The van der Waals surface area contributed by atoms with E-state index in [2.05, 4.69) is 36.3 Å². The monoisotopic (exact) mass is 311 g/mol. The molecule has 2 heterocycles. The molecule has 0 aromatic carbocycles. The standard InChI is InChI=1S/C14H25N5OS/c1-4-5-9-18-14(15-16-17-18)21-10-13(20)19-11(2)7-6-8-12(19)3/h11-12H,4-10H2,1-3H3. The number of unbranched alkanes of at least 4 members (excludes halogenated alkanes) is 1. The molecule has 2 rings (SSSR count). The minimum Gasteiger partial charge on any atom is -0.337 e. The van der Waals surface area contributed by atoms with Crippen LogP contribution in [0.1, 0.15) is 52.9 Å². The molecule has 0 bridgehead atoms. The molecule has 1 aliphatic rings. The Balaban J connectivity index is 1.90. The first-order valence-electron chi connectivity index (χ1n) is 7.83. The minimum absolute atomic E-state index is 0.199. The molecule has 1 aliphatic heterocycles. The first-order valence-corrected chi connectivity index (χ1v) is 8.82. The van der Waals surface area contributed by atoms with E-state index in [1.54, 1.807) is 4.68 Å². The lowest BCUT2D eigenvalue weighted by Crippen LogP contribution is -2.48. The van der Waals surface area contributed by atoms with Crippen molar-refractivity contribution in [2.45, 2.75) is 76.7 Å². The second-order valence-electron chi connectivity index (χ2n) is 5.76. The number of hydrogen-bond acceptors (Lipinski definition) is 5. The van der Waals surface area contributed by atoms with Gasteiger partial charge in [0.2, 0.25) is 11.1 Å². The predicted molar refractivity (Wildman–Crippen MR) is 83.1 cm³/mol. The summed E-state index contributed by atoms with van der Waals surface area (Å²) in [6.07, 6.45) is 5.58. The molecule has 0 N–H and O–H groups in total. The second-order valence-corrected chi connectivity index (χ2v) is 6.70. The third-order valence-electron chi connectivity index (χ3n) is 4.03. The van der Waals surface area contributed by atoms with E-state index in [-0.39, 0.29) is 5.91 Å². The van der Waals surface area contributed by atoms with Gasteiger partial charge in [-0.15, -0.1) is 5.10 Å². The topological polar surface area (TPSA) is 63.9 Å². The number of carbonyl (C=O) groups excluding carboxylic acids is 1. The molecule has 1 amide bonds. The van der Waals surface area contributed by atoms with Crippen LogP contribution in [-0.2, 0) is 11.3 Å². The van der Waals surface area contributed by atoms with Gasteiger partial charge in [-0.3, -0.25) is 4.79 Å². The summed E-state index contributed by atoms with van der Waals surface area (Å²) in [6.45, 7) is 7.24. The zero-order valence-electron chi connectivity index (χ0n) is 13.2. The summed E-state index contributed by atoms with van der Waals surface area (Å²) < 4.78 is 1.80. The van der Waals surface area contributed by atoms with Crippen molar-refractivity contribution >= 4 is 17.7 Å². The van der Waals surface area contributed by atoms with Gasteiger partial charge in [-0.2, -0.15) is 0 Å². The van der Waals surface area contributed by atoms with E-state index in [9.17, 15) is 4.79 Å². The average Bonchev–Trinajstić information content (AvgIpc) is 2.90. The number of likely N-dealkylation sites (tertiary alicyclic amines) is 1. The van der Waals surface area contributed by atoms with E-state index in [0.717, 1.165) is 37.4 Å². The Morgan fingerprint density at radius 2 is 2.05 bits per heavy atom. The van der Waals surface area contributed by atoms with Crippen LogP contribution in [0.25, 0.3) is 0 Å². The highest BCUT2D eigenvalue weighted by Gasteiger charge is 2.28. The van der Waals surface area contributed by atoms with Crippen molar-refractivity contribution in [3.8, 4) is 0 Å². The van der Waals surface area contributed by atoms with Crippen molar-refractivity contribution in [1.29, 1.82) is 0 Å². The molecule has 0 radical (unpaired) electrons. The molecular weight excluding hydrogens is 286 g/mol. The van der Waals surface area contributed by atoms with Crippen molar-refractivity contribution in [3.63, 3.8) is 0 Å². The summed E-state index contributed by atoms with van der Waals surface area (Å²) in [5, 5.41) is 12.5.